The van der Waals surface area contributed by atoms with Crippen molar-refractivity contribution < 1.29 is 9.66 Å². The van der Waals surface area contributed by atoms with Crippen LogP contribution in [0, 0.1) is 10.1 Å². The van der Waals surface area contributed by atoms with Crippen molar-refractivity contribution in [2.24, 2.45) is 0 Å². The Morgan fingerprint density at radius 3 is 2.74 bits per heavy atom. The number of hydrogen-bond acceptors (Lipinski definition) is 6. The third-order valence-corrected chi connectivity index (χ3v) is 3.36. The largest absolute Gasteiger partial charge is 0.381 e. The van der Waals surface area contributed by atoms with E-state index in [0.29, 0.717) is 17.7 Å². The summed E-state index contributed by atoms with van der Waals surface area (Å²) in [5, 5.41) is 13.8. The van der Waals surface area contributed by atoms with Gasteiger partial charge in [-0.25, -0.2) is 4.98 Å². The second-order valence-electron chi connectivity index (χ2n) is 4.53. The molecule has 0 saturated carbocycles. The molecule has 7 nitrogen and oxygen atoms in total. The minimum atomic E-state index is -0.399. The zero-order chi connectivity index (χ0) is 13.8. The van der Waals surface area contributed by atoms with Crippen molar-refractivity contribution in [3.63, 3.8) is 0 Å². The molecule has 1 fully saturated rings. The molecule has 1 aliphatic heterocycles. The van der Waals surface area contributed by atoms with E-state index in [9.17, 15) is 10.1 Å². The Balaban J connectivity index is 2.26. The molecule has 1 aliphatic rings. The van der Waals surface area contributed by atoms with Crippen molar-refractivity contribution >= 4 is 17.3 Å². The van der Waals surface area contributed by atoms with Crippen LogP contribution in [-0.2, 0) is 4.74 Å². The van der Waals surface area contributed by atoms with E-state index in [0.717, 1.165) is 26.1 Å². The van der Waals surface area contributed by atoms with Gasteiger partial charge in [-0.1, -0.05) is 0 Å². The Morgan fingerprint density at radius 1 is 1.47 bits per heavy atom. The Morgan fingerprint density at radius 2 is 2.16 bits per heavy atom. The van der Waals surface area contributed by atoms with Gasteiger partial charge in [0.25, 0.3) is 5.69 Å². The molecule has 0 radical (unpaired) electrons. The average molecular weight is 266 g/mol. The van der Waals surface area contributed by atoms with Crippen molar-refractivity contribution in [3.8, 4) is 0 Å². The summed E-state index contributed by atoms with van der Waals surface area (Å²) < 4.78 is 5.32. The summed E-state index contributed by atoms with van der Waals surface area (Å²) in [6.45, 7) is 1.45. The van der Waals surface area contributed by atoms with E-state index in [1.165, 1.54) is 12.1 Å². The second kappa shape index (κ2) is 5.83. The van der Waals surface area contributed by atoms with Gasteiger partial charge >= 0.3 is 0 Å². The summed E-state index contributed by atoms with van der Waals surface area (Å²) in [4.78, 5) is 16.9. The molecule has 1 aromatic heterocycles. The van der Waals surface area contributed by atoms with E-state index >= 15 is 0 Å². The van der Waals surface area contributed by atoms with Gasteiger partial charge in [0.15, 0.2) is 0 Å². The van der Waals surface area contributed by atoms with Gasteiger partial charge in [-0.05, 0) is 12.8 Å². The first kappa shape index (κ1) is 13.5. The summed E-state index contributed by atoms with van der Waals surface area (Å²) in [6.07, 6.45) is 1.82. The van der Waals surface area contributed by atoms with Gasteiger partial charge in [0.05, 0.1) is 17.1 Å². The number of pyridine rings is 1. The highest BCUT2D eigenvalue weighted by atomic mass is 16.6. The molecule has 7 heteroatoms. The van der Waals surface area contributed by atoms with Gasteiger partial charge in [0.1, 0.15) is 11.6 Å². The standard InChI is InChI=1S/C12H18N4O3/c1-13-11-7-10(16(17)18)8-12(14-11)15(2)9-3-5-19-6-4-9/h7-9H,3-6H2,1-2H3,(H,13,14). The maximum Gasteiger partial charge on any atom is 0.276 e. The molecule has 1 saturated heterocycles. The van der Waals surface area contributed by atoms with Gasteiger partial charge in [-0.15, -0.1) is 0 Å². The van der Waals surface area contributed by atoms with E-state index in [-0.39, 0.29) is 5.69 Å². The van der Waals surface area contributed by atoms with Crippen molar-refractivity contribution in [3.05, 3.63) is 22.2 Å². The van der Waals surface area contributed by atoms with Crippen LogP contribution in [0.1, 0.15) is 12.8 Å². The third-order valence-electron chi connectivity index (χ3n) is 3.36. The summed E-state index contributed by atoms with van der Waals surface area (Å²) in [7, 11) is 3.62. The Bertz CT molecular complexity index is 460. The molecular formula is C12H18N4O3. The van der Waals surface area contributed by atoms with Gasteiger partial charge in [-0.3, -0.25) is 10.1 Å². The number of rotatable bonds is 4. The molecule has 0 aromatic carbocycles. The highest BCUT2D eigenvalue weighted by Crippen LogP contribution is 2.25. The molecule has 0 spiro atoms. The fourth-order valence-electron chi connectivity index (χ4n) is 2.18. The fourth-order valence-corrected chi connectivity index (χ4v) is 2.18. The van der Waals surface area contributed by atoms with Crippen LogP contribution in [0.3, 0.4) is 0 Å². The molecule has 19 heavy (non-hydrogen) atoms. The molecule has 104 valence electrons. The lowest BCUT2D eigenvalue weighted by Gasteiger charge is -2.32. The molecule has 1 aromatic rings. The summed E-state index contributed by atoms with van der Waals surface area (Å²) >= 11 is 0. The highest BCUT2D eigenvalue weighted by Gasteiger charge is 2.21. The first-order valence-corrected chi connectivity index (χ1v) is 6.26. The zero-order valence-electron chi connectivity index (χ0n) is 11.1. The normalized spacial score (nSPS) is 16.1. The topological polar surface area (TPSA) is 80.5 Å². The first-order valence-electron chi connectivity index (χ1n) is 6.26. The molecule has 0 amide bonds. The van der Waals surface area contributed by atoms with Crippen LogP contribution >= 0.6 is 0 Å². The minimum absolute atomic E-state index is 0.0493. The number of nitro groups is 1. The number of nitrogens with zero attached hydrogens (tertiary/aromatic N) is 3. The fraction of sp³-hybridized carbons (Fsp3) is 0.583. The predicted molar refractivity (Wildman–Crippen MR) is 72.7 cm³/mol. The summed E-state index contributed by atoms with van der Waals surface area (Å²) in [5.74, 6) is 1.12. The van der Waals surface area contributed by atoms with Gasteiger partial charge < -0.3 is 15.0 Å². The van der Waals surface area contributed by atoms with Gasteiger partial charge in [0, 0.05) is 33.4 Å². The number of nitrogens with one attached hydrogen (secondary N) is 1. The van der Waals surface area contributed by atoms with E-state index in [4.69, 9.17) is 4.74 Å². The van der Waals surface area contributed by atoms with Crippen molar-refractivity contribution in [2.45, 2.75) is 18.9 Å². The molecular weight excluding hydrogens is 248 g/mol. The zero-order valence-corrected chi connectivity index (χ0v) is 11.1. The minimum Gasteiger partial charge on any atom is -0.381 e. The molecule has 0 atom stereocenters. The van der Waals surface area contributed by atoms with Crippen LogP contribution in [0.5, 0.6) is 0 Å². The van der Waals surface area contributed by atoms with Crippen molar-refractivity contribution in [1.82, 2.24) is 4.98 Å². The van der Waals surface area contributed by atoms with Crippen LogP contribution in [0.4, 0.5) is 17.3 Å². The lowest BCUT2D eigenvalue weighted by Crippen LogP contribution is -2.37. The number of anilines is 2. The number of ether oxygens (including phenoxy) is 1. The number of aromatic nitrogens is 1. The lowest BCUT2D eigenvalue weighted by atomic mass is 10.1. The van der Waals surface area contributed by atoms with Crippen molar-refractivity contribution in [1.29, 1.82) is 0 Å². The summed E-state index contributed by atoms with van der Waals surface area (Å²) in [6, 6.07) is 3.26. The number of hydrogen-bond donors (Lipinski definition) is 1. The maximum absolute atomic E-state index is 10.9. The molecule has 0 unspecified atom stereocenters. The van der Waals surface area contributed by atoms with Crippen LogP contribution in [-0.4, -0.2) is 43.3 Å². The van der Waals surface area contributed by atoms with E-state index in [2.05, 4.69) is 10.3 Å². The smallest absolute Gasteiger partial charge is 0.276 e. The molecule has 2 rings (SSSR count). The Labute approximate surface area is 111 Å². The van der Waals surface area contributed by atoms with E-state index in [1.807, 2.05) is 11.9 Å². The molecule has 0 bridgehead atoms. The Hall–Kier alpha value is -1.89. The molecule has 1 N–H and O–H groups in total. The van der Waals surface area contributed by atoms with Crippen LogP contribution in [0.25, 0.3) is 0 Å². The maximum atomic E-state index is 10.9. The first-order chi connectivity index (χ1) is 9.11. The van der Waals surface area contributed by atoms with Crippen LogP contribution in [0.15, 0.2) is 12.1 Å². The third kappa shape index (κ3) is 3.11. The quantitative estimate of drug-likeness (QED) is 0.659. The van der Waals surface area contributed by atoms with E-state index in [1.54, 1.807) is 7.05 Å². The van der Waals surface area contributed by atoms with Gasteiger partial charge in [0.2, 0.25) is 0 Å². The molecule has 2 heterocycles. The Kier molecular flexibility index (Phi) is 4.16. The second-order valence-corrected chi connectivity index (χ2v) is 4.53. The molecule has 0 aliphatic carbocycles. The highest BCUT2D eigenvalue weighted by molar-refractivity contribution is 5.55. The SMILES string of the molecule is CNc1cc([N+](=O)[O-])cc(N(C)C2CCOCC2)n1. The predicted octanol–water partition coefficient (Wildman–Crippen LogP) is 1.65. The van der Waals surface area contributed by atoms with E-state index < -0.39 is 4.92 Å². The monoisotopic (exact) mass is 266 g/mol. The van der Waals surface area contributed by atoms with Crippen LogP contribution < -0.4 is 10.2 Å². The van der Waals surface area contributed by atoms with Crippen molar-refractivity contribution in [2.75, 3.05) is 37.5 Å². The average Bonchev–Trinajstić information content (AvgIpc) is 2.46. The summed E-state index contributed by atoms with van der Waals surface area (Å²) in [5.41, 5.74) is 0.0493. The van der Waals surface area contributed by atoms with Crippen LogP contribution in [0.2, 0.25) is 0 Å². The lowest BCUT2D eigenvalue weighted by molar-refractivity contribution is -0.384. The van der Waals surface area contributed by atoms with Gasteiger partial charge in [-0.2, -0.15) is 0 Å².